The highest BCUT2D eigenvalue weighted by atomic mass is 32.2. The van der Waals surface area contributed by atoms with Crippen molar-refractivity contribution in [3.63, 3.8) is 0 Å². The predicted molar refractivity (Wildman–Crippen MR) is 73.2 cm³/mol. The average Bonchev–Trinajstić information content (AvgIpc) is 2.78. The van der Waals surface area contributed by atoms with Gasteiger partial charge < -0.3 is 5.11 Å². The van der Waals surface area contributed by atoms with E-state index in [1.54, 1.807) is 0 Å². The number of aromatic carboxylic acids is 1. The first kappa shape index (κ1) is 15.9. The van der Waals surface area contributed by atoms with Gasteiger partial charge in [0.25, 0.3) is 10.0 Å². The Bertz CT molecular complexity index is 754. The molecule has 0 bridgehead atoms. The topological polar surface area (TPSA) is 122 Å². The summed E-state index contributed by atoms with van der Waals surface area (Å²) in [5.74, 6) is -1.46. The molecule has 1 aromatic rings. The normalized spacial score (nSPS) is 21.5. The minimum absolute atomic E-state index is 0.0388. The molecule has 0 aromatic carbocycles. The lowest BCUT2D eigenvalue weighted by Gasteiger charge is -2.22. The summed E-state index contributed by atoms with van der Waals surface area (Å²) in [5.41, 5.74) is -0.125. The summed E-state index contributed by atoms with van der Waals surface area (Å²) in [4.78, 5) is 14.4. The van der Waals surface area contributed by atoms with Crippen molar-refractivity contribution in [2.45, 2.75) is 17.5 Å². The Balaban J connectivity index is 2.27. The summed E-state index contributed by atoms with van der Waals surface area (Å²) >= 11 is 0. The Kier molecular flexibility index (Phi) is 4.04. The van der Waals surface area contributed by atoms with E-state index in [0.29, 0.717) is 0 Å². The fourth-order valence-electron chi connectivity index (χ4n) is 2.07. The van der Waals surface area contributed by atoms with Crippen molar-refractivity contribution in [2.75, 3.05) is 18.6 Å². The molecule has 0 amide bonds. The van der Waals surface area contributed by atoms with Crippen molar-refractivity contribution >= 4 is 25.8 Å². The molecule has 0 aliphatic carbocycles. The predicted octanol–water partition coefficient (Wildman–Crippen LogP) is -0.413. The summed E-state index contributed by atoms with van der Waals surface area (Å²) in [6.07, 6.45) is 1.19. The minimum Gasteiger partial charge on any atom is -0.478 e. The number of aromatic nitrogens is 1. The number of carboxylic acid groups (broad SMARTS) is 1. The van der Waals surface area contributed by atoms with Crippen molar-refractivity contribution in [1.29, 1.82) is 0 Å². The molecule has 0 saturated carbocycles. The largest absolute Gasteiger partial charge is 0.478 e. The van der Waals surface area contributed by atoms with E-state index in [0.717, 1.165) is 22.6 Å². The van der Waals surface area contributed by atoms with Gasteiger partial charge in [-0.05, 0) is 18.6 Å². The number of carboxylic acids is 1. The van der Waals surface area contributed by atoms with Crippen LogP contribution in [0.2, 0.25) is 0 Å². The second-order valence-electron chi connectivity index (χ2n) is 4.77. The Morgan fingerprint density at radius 3 is 2.52 bits per heavy atom. The van der Waals surface area contributed by atoms with Gasteiger partial charge in [-0.3, -0.25) is 0 Å². The fraction of sp³-hybridized carbons (Fsp3) is 0.455. The van der Waals surface area contributed by atoms with Gasteiger partial charge >= 0.3 is 5.97 Å². The number of sulfonamides is 1. The van der Waals surface area contributed by atoms with Crippen molar-refractivity contribution in [2.24, 2.45) is 0 Å². The van der Waals surface area contributed by atoms with Crippen LogP contribution in [0.15, 0.2) is 23.4 Å². The Labute approximate surface area is 122 Å². The van der Waals surface area contributed by atoms with Crippen LogP contribution in [0, 0.1) is 0 Å². The maximum absolute atomic E-state index is 12.3. The lowest BCUT2D eigenvalue weighted by molar-refractivity contribution is 0.0696. The quantitative estimate of drug-likeness (QED) is 0.794. The molecule has 2 rings (SSSR count). The molecule has 1 saturated heterocycles. The molecule has 1 aliphatic rings. The molecule has 1 unspecified atom stereocenters. The highest BCUT2D eigenvalue weighted by molar-refractivity contribution is 7.92. The number of hydrogen-bond acceptors (Lipinski definition) is 6. The molecule has 10 heteroatoms. The lowest BCUT2D eigenvalue weighted by Crippen LogP contribution is -2.38. The van der Waals surface area contributed by atoms with Crippen LogP contribution in [-0.2, 0) is 19.9 Å². The van der Waals surface area contributed by atoms with Crippen molar-refractivity contribution in [3.05, 3.63) is 23.9 Å². The van der Waals surface area contributed by atoms with Crippen molar-refractivity contribution in [1.82, 2.24) is 9.29 Å². The van der Waals surface area contributed by atoms with E-state index in [2.05, 4.69) is 4.98 Å². The van der Waals surface area contributed by atoms with Gasteiger partial charge in [0.2, 0.25) is 0 Å². The summed E-state index contributed by atoms with van der Waals surface area (Å²) in [6.45, 7) is 0. The van der Waals surface area contributed by atoms with E-state index >= 15 is 0 Å². The maximum atomic E-state index is 12.3. The molecule has 0 spiro atoms. The number of pyridine rings is 1. The van der Waals surface area contributed by atoms with Crippen LogP contribution in [0.1, 0.15) is 16.8 Å². The van der Waals surface area contributed by atoms with Crippen molar-refractivity contribution in [3.8, 4) is 0 Å². The third-order valence-corrected chi connectivity index (χ3v) is 6.93. The third-order valence-electron chi connectivity index (χ3n) is 3.35. The SMILES string of the molecule is CN(C1CCS(=O)(=O)C1)S(=O)(=O)c1ccc(C(=O)O)cn1. The number of hydrogen-bond donors (Lipinski definition) is 1. The van der Waals surface area contributed by atoms with E-state index in [1.807, 2.05) is 0 Å². The minimum atomic E-state index is -3.95. The zero-order chi connectivity index (χ0) is 15.8. The molecule has 21 heavy (non-hydrogen) atoms. The Morgan fingerprint density at radius 1 is 1.43 bits per heavy atom. The van der Waals surface area contributed by atoms with Crippen LogP contribution < -0.4 is 0 Å². The van der Waals surface area contributed by atoms with E-state index in [-0.39, 0.29) is 28.5 Å². The van der Waals surface area contributed by atoms with Gasteiger partial charge in [-0.15, -0.1) is 0 Å². The Hall–Kier alpha value is -1.52. The zero-order valence-corrected chi connectivity index (χ0v) is 12.8. The summed E-state index contributed by atoms with van der Waals surface area (Å²) in [5, 5.41) is 8.45. The first-order chi connectivity index (χ1) is 9.63. The molecule has 116 valence electrons. The molecule has 1 N–H and O–H groups in total. The van der Waals surface area contributed by atoms with Gasteiger partial charge in [-0.1, -0.05) is 0 Å². The fourth-order valence-corrected chi connectivity index (χ4v) is 5.23. The van der Waals surface area contributed by atoms with E-state index in [9.17, 15) is 21.6 Å². The second-order valence-corrected chi connectivity index (χ2v) is 8.94. The second kappa shape index (κ2) is 5.35. The van der Waals surface area contributed by atoms with Gasteiger partial charge in [-0.2, -0.15) is 4.31 Å². The standard InChI is InChI=1S/C11H14N2O6S2/c1-13(9-4-5-20(16,17)7-9)21(18,19)10-3-2-8(6-12-10)11(14)15/h2-3,6,9H,4-5,7H2,1H3,(H,14,15). The summed E-state index contributed by atoms with van der Waals surface area (Å²) in [6, 6.07) is 1.61. The van der Waals surface area contributed by atoms with Gasteiger partial charge in [-0.25, -0.2) is 26.6 Å². The molecule has 1 aromatic heterocycles. The number of nitrogens with zero attached hydrogens (tertiary/aromatic N) is 2. The van der Waals surface area contributed by atoms with Gasteiger partial charge in [0.15, 0.2) is 14.9 Å². The average molecular weight is 334 g/mol. The monoisotopic (exact) mass is 334 g/mol. The smallest absolute Gasteiger partial charge is 0.337 e. The zero-order valence-electron chi connectivity index (χ0n) is 11.1. The first-order valence-electron chi connectivity index (χ1n) is 6.01. The van der Waals surface area contributed by atoms with E-state index < -0.39 is 31.9 Å². The van der Waals surface area contributed by atoms with E-state index in [4.69, 9.17) is 5.11 Å². The van der Waals surface area contributed by atoms with Crippen LogP contribution in [0.25, 0.3) is 0 Å². The molecular weight excluding hydrogens is 320 g/mol. The third kappa shape index (κ3) is 3.22. The van der Waals surface area contributed by atoms with Crippen LogP contribution in [0.3, 0.4) is 0 Å². The molecule has 1 atom stereocenters. The lowest BCUT2D eigenvalue weighted by atomic mass is 10.3. The molecule has 8 nitrogen and oxygen atoms in total. The Morgan fingerprint density at radius 2 is 2.10 bits per heavy atom. The molecular formula is C11H14N2O6S2. The molecule has 1 aliphatic heterocycles. The van der Waals surface area contributed by atoms with Crippen molar-refractivity contribution < 1.29 is 26.7 Å². The number of sulfone groups is 1. The van der Waals surface area contributed by atoms with Gasteiger partial charge in [0.05, 0.1) is 17.1 Å². The summed E-state index contributed by atoms with van der Waals surface area (Å²) < 4.78 is 48.5. The van der Waals surface area contributed by atoms with Crippen LogP contribution in [-0.4, -0.2) is 61.8 Å². The molecule has 2 heterocycles. The van der Waals surface area contributed by atoms with Crippen LogP contribution >= 0.6 is 0 Å². The number of rotatable bonds is 4. The maximum Gasteiger partial charge on any atom is 0.337 e. The van der Waals surface area contributed by atoms with Gasteiger partial charge in [0, 0.05) is 19.3 Å². The first-order valence-corrected chi connectivity index (χ1v) is 9.27. The molecule has 1 fully saturated rings. The van der Waals surface area contributed by atoms with Gasteiger partial charge in [0.1, 0.15) is 0 Å². The van der Waals surface area contributed by atoms with Crippen LogP contribution in [0.4, 0.5) is 0 Å². The molecule has 0 radical (unpaired) electrons. The highest BCUT2D eigenvalue weighted by Gasteiger charge is 2.37. The van der Waals surface area contributed by atoms with E-state index in [1.165, 1.54) is 7.05 Å². The van der Waals surface area contributed by atoms with Crippen LogP contribution in [0.5, 0.6) is 0 Å². The highest BCUT2D eigenvalue weighted by Crippen LogP contribution is 2.22. The summed E-state index contributed by atoms with van der Waals surface area (Å²) in [7, 11) is -5.86. The number of carbonyl (C=O) groups is 1.